The van der Waals surface area contributed by atoms with Gasteiger partial charge < -0.3 is 11.1 Å². The Balaban J connectivity index is 2.19. The van der Waals surface area contributed by atoms with Crippen molar-refractivity contribution in [1.82, 2.24) is 9.97 Å². The fourth-order valence-electron chi connectivity index (χ4n) is 1.68. The van der Waals surface area contributed by atoms with Crippen molar-refractivity contribution in [2.75, 3.05) is 11.1 Å². The molecule has 19 heavy (non-hydrogen) atoms. The van der Waals surface area contributed by atoms with Crippen LogP contribution in [0.3, 0.4) is 0 Å². The maximum Gasteiger partial charge on any atom is 0.234 e. The molecule has 5 heteroatoms. The molecular formula is C14H16N4O. The van der Waals surface area contributed by atoms with Crippen LogP contribution < -0.4 is 11.1 Å². The number of nitrogens with zero attached hydrogens (tertiary/aromatic N) is 2. The van der Waals surface area contributed by atoms with Gasteiger partial charge in [0.15, 0.2) is 0 Å². The molecule has 0 spiro atoms. The van der Waals surface area contributed by atoms with E-state index in [1.165, 1.54) is 6.33 Å². The van der Waals surface area contributed by atoms with E-state index in [0.29, 0.717) is 11.4 Å². The van der Waals surface area contributed by atoms with Crippen molar-refractivity contribution in [3.05, 3.63) is 48.5 Å². The van der Waals surface area contributed by atoms with Gasteiger partial charge in [-0.25, -0.2) is 9.97 Å². The van der Waals surface area contributed by atoms with Crippen molar-refractivity contribution in [3.8, 4) is 0 Å². The van der Waals surface area contributed by atoms with E-state index in [1.807, 2.05) is 26.0 Å². The molecule has 98 valence electrons. The fraction of sp³-hybridized carbons (Fsp3) is 0.214. The molecule has 5 nitrogen and oxygen atoms in total. The second-order valence-corrected chi connectivity index (χ2v) is 4.83. The Morgan fingerprint density at radius 3 is 2.32 bits per heavy atom. The smallest absolute Gasteiger partial charge is 0.234 e. The van der Waals surface area contributed by atoms with Crippen LogP contribution in [0.5, 0.6) is 0 Å². The van der Waals surface area contributed by atoms with E-state index in [9.17, 15) is 4.79 Å². The number of carbonyl (C=O) groups is 1. The van der Waals surface area contributed by atoms with Crippen LogP contribution in [0.15, 0.2) is 43.0 Å². The molecule has 0 aliphatic carbocycles. The van der Waals surface area contributed by atoms with Crippen LogP contribution in [0, 0.1) is 0 Å². The number of carbonyl (C=O) groups excluding carboxylic acids is 1. The molecule has 0 aliphatic heterocycles. The quantitative estimate of drug-likeness (QED) is 0.823. The largest absolute Gasteiger partial charge is 0.399 e. The van der Waals surface area contributed by atoms with Gasteiger partial charge in [-0.3, -0.25) is 4.79 Å². The minimum absolute atomic E-state index is 0.118. The summed E-state index contributed by atoms with van der Waals surface area (Å²) in [4.78, 5) is 20.0. The Morgan fingerprint density at radius 1 is 1.16 bits per heavy atom. The Kier molecular flexibility index (Phi) is 3.46. The highest BCUT2D eigenvalue weighted by Gasteiger charge is 2.29. The van der Waals surface area contributed by atoms with Crippen LogP contribution in [0.2, 0.25) is 0 Å². The minimum Gasteiger partial charge on any atom is -0.399 e. The van der Waals surface area contributed by atoms with E-state index in [2.05, 4.69) is 15.3 Å². The highest BCUT2D eigenvalue weighted by Crippen LogP contribution is 2.25. The molecule has 2 aromatic rings. The van der Waals surface area contributed by atoms with E-state index in [4.69, 9.17) is 5.73 Å². The molecule has 2 rings (SSSR count). The standard InChI is InChI=1S/C14H16N4O/c1-14(2,10-3-5-11(15)6-4-10)13(19)18-12-7-16-9-17-8-12/h3-9H,15H2,1-2H3,(H,18,19). The molecule has 1 aromatic carbocycles. The van der Waals surface area contributed by atoms with Gasteiger partial charge in [-0.2, -0.15) is 0 Å². The topological polar surface area (TPSA) is 80.9 Å². The highest BCUT2D eigenvalue weighted by atomic mass is 16.2. The summed E-state index contributed by atoms with van der Waals surface area (Å²) in [7, 11) is 0. The summed E-state index contributed by atoms with van der Waals surface area (Å²) >= 11 is 0. The Labute approximate surface area is 111 Å². The third-order valence-electron chi connectivity index (χ3n) is 3.02. The first kappa shape index (κ1) is 13.0. The van der Waals surface area contributed by atoms with Crippen molar-refractivity contribution in [2.24, 2.45) is 0 Å². The normalized spacial score (nSPS) is 11.1. The number of nitrogens with one attached hydrogen (secondary N) is 1. The zero-order valence-electron chi connectivity index (χ0n) is 10.9. The number of nitrogens with two attached hydrogens (primary N) is 1. The SMILES string of the molecule is CC(C)(C(=O)Nc1cncnc1)c1ccc(N)cc1. The van der Waals surface area contributed by atoms with E-state index in [-0.39, 0.29) is 5.91 Å². The molecule has 0 saturated heterocycles. The van der Waals surface area contributed by atoms with Gasteiger partial charge in [-0.15, -0.1) is 0 Å². The van der Waals surface area contributed by atoms with E-state index >= 15 is 0 Å². The van der Waals surface area contributed by atoms with Gasteiger partial charge in [-0.1, -0.05) is 12.1 Å². The number of benzene rings is 1. The Morgan fingerprint density at radius 2 is 1.74 bits per heavy atom. The summed E-state index contributed by atoms with van der Waals surface area (Å²) in [6.07, 6.45) is 4.54. The zero-order chi connectivity index (χ0) is 13.9. The van der Waals surface area contributed by atoms with Crippen molar-refractivity contribution in [2.45, 2.75) is 19.3 Å². The third-order valence-corrected chi connectivity index (χ3v) is 3.02. The Bertz CT molecular complexity index is 564. The lowest BCUT2D eigenvalue weighted by molar-refractivity contribution is -0.120. The van der Waals surface area contributed by atoms with Gasteiger partial charge in [0.2, 0.25) is 5.91 Å². The predicted molar refractivity (Wildman–Crippen MR) is 74.5 cm³/mol. The Hall–Kier alpha value is -2.43. The molecule has 0 saturated carbocycles. The zero-order valence-corrected chi connectivity index (χ0v) is 10.9. The van der Waals surface area contributed by atoms with Crippen LogP contribution >= 0.6 is 0 Å². The van der Waals surface area contributed by atoms with E-state index < -0.39 is 5.41 Å². The minimum atomic E-state index is -0.663. The van der Waals surface area contributed by atoms with Crippen molar-refractivity contribution < 1.29 is 4.79 Å². The first-order valence-corrected chi connectivity index (χ1v) is 5.92. The molecule has 0 radical (unpaired) electrons. The van der Waals surface area contributed by atoms with Gasteiger partial charge in [0.05, 0.1) is 23.5 Å². The summed E-state index contributed by atoms with van der Waals surface area (Å²) < 4.78 is 0. The molecule has 0 bridgehead atoms. The lowest BCUT2D eigenvalue weighted by Crippen LogP contribution is -2.34. The second-order valence-electron chi connectivity index (χ2n) is 4.83. The van der Waals surface area contributed by atoms with Gasteiger partial charge in [0.25, 0.3) is 0 Å². The number of aromatic nitrogens is 2. The van der Waals surface area contributed by atoms with Gasteiger partial charge in [-0.05, 0) is 31.5 Å². The van der Waals surface area contributed by atoms with E-state index in [0.717, 1.165) is 5.56 Å². The number of rotatable bonds is 3. The van der Waals surface area contributed by atoms with Crippen molar-refractivity contribution in [1.29, 1.82) is 0 Å². The van der Waals surface area contributed by atoms with Crippen LogP contribution in [0.4, 0.5) is 11.4 Å². The summed E-state index contributed by atoms with van der Waals surface area (Å²) in [6, 6.07) is 7.29. The molecule has 3 N–H and O–H groups in total. The molecule has 0 unspecified atom stereocenters. The monoisotopic (exact) mass is 256 g/mol. The third kappa shape index (κ3) is 2.88. The number of amides is 1. The van der Waals surface area contributed by atoms with Crippen LogP contribution in [-0.2, 0) is 10.2 Å². The number of hydrogen-bond donors (Lipinski definition) is 2. The lowest BCUT2D eigenvalue weighted by atomic mass is 9.83. The number of nitrogen functional groups attached to an aromatic ring is 1. The summed E-state index contributed by atoms with van der Waals surface area (Å²) in [5, 5.41) is 2.80. The van der Waals surface area contributed by atoms with E-state index in [1.54, 1.807) is 24.5 Å². The van der Waals surface area contributed by atoms with Crippen LogP contribution in [0.1, 0.15) is 19.4 Å². The fourth-order valence-corrected chi connectivity index (χ4v) is 1.68. The molecular weight excluding hydrogens is 240 g/mol. The molecule has 1 amide bonds. The highest BCUT2D eigenvalue weighted by molar-refractivity contribution is 5.98. The van der Waals surface area contributed by atoms with Gasteiger partial charge in [0, 0.05) is 5.69 Å². The molecule has 1 heterocycles. The first-order chi connectivity index (χ1) is 9.00. The summed E-state index contributed by atoms with van der Waals surface area (Å²) in [5.74, 6) is -0.118. The molecule has 0 aliphatic rings. The summed E-state index contributed by atoms with van der Waals surface area (Å²) in [6.45, 7) is 3.72. The molecule has 0 fully saturated rings. The van der Waals surface area contributed by atoms with Crippen LogP contribution in [0.25, 0.3) is 0 Å². The van der Waals surface area contributed by atoms with Gasteiger partial charge in [0.1, 0.15) is 6.33 Å². The predicted octanol–water partition coefficient (Wildman–Crippen LogP) is 1.98. The summed E-state index contributed by atoms with van der Waals surface area (Å²) in [5.41, 5.74) is 7.15. The maximum atomic E-state index is 12.3. The average Bonchev–Trinajstić information content (AvgIpc) is 2.40. The molecule has 1 aromatic heterocycles. The van der Waals surface area contributed by atoms with Gasteiger partial charge >= 0.3 is 0 Å². The first-order valence-electron chi connectivity index (χ1n) is 5.92. The maximum absolute atomic E-state index is 12.3. The van der Waals surface area contributed by atoms with Crippen molar-refractivity contribution in [3.63, 3.8) is 0 Å². The lowest BCUT2D eigenvalue weighted by Gasteiger charge is -2.24. The number of hydrogen-bond acceptors (Lipinski definition) is 4. The van der Waals surface area contributed by atoms with Crippen LogP contribution in [-0.4, -0.2) is 15.9 Å². The number of anilines is 2. The molecule has 0 atom stereocenters. The second kappa shape index (κ2) is 5.06. The van der Waals surface area contributed by atoms with Crippen molar-refractivity contribution >= 4 is 17.3 Å². The average molecular weight is 256 g/mol.